The summed E-state index contributed by atoms with van der Waals surface area (Å²) in [4.78, 5) is 62.0. The lowest BCUT2D eigenvalue weighted by molar-refractivity contribution is -0.134. The van der Waals surface area contributed by atoms with Gasteiger partial charge in [0, 0.05) is 32.6 Å². The number of imidazole rings is 1. The van der Waals surface area contributed by atoms with Crippen LogP contribution >= 0.6 is 0 Å². The number of aromatic amines is 1. The van der Waals surface area contributed by atoms with E-state index < -0.39 is 48.4 Å². The van der Waals surface area contributed by atoms with Gasteiger partial charge in [-0.2, -0.15) is 13.2 Å². The van der Waals surface area contributed by atoms with E-state index in [1.54, 1.807) is 27.1 Å². The molecule has 1 atom stereocenters. The van der Waals surface area contributed by atoms with E-state index in [-0.39, 0.29) is 53.5 Å². The number of allylic oxidation sites excluding steroid dienone is 1. The highest BCUT2D eigenvalue weighted by Crippen LogP contribution is 2.25. The van der Waals surface area contributed by atoms with Crippen LogP contribution in [0.25, 0.3) is 11.0 Å². The number of hydrogen-bond acceptors (Lipinski definition) is 7. The average Bonchev–Trinajstić information content (AvgIpc) is 3.37. The molecule has 0 aliphatic carbocycles. The van der Waals surface area contributed by atoms with Crippen LogP contribution in [-0.4, -0.2) is 75.7 Å². The Balaban J connectivity index is 1.83. The second-order valence-corrected chi connectivity index (χ2v) is 9.74. The zero-order valence-electron chi connectivity index (χ0n) is 23.8. The standard InChI is InChI=1S/C27H31F4N7O5/c1-15-9-10-19(33-24(40)18(34-26(42)43-4)7-5-6-8-21(39)37(2)3)25(41)38(15)14-20-35-22-16(28)13-32-17(23(22)36-20)11-12-27(29,30)31/h6,8-10,13,18H,5,7,11-12,14H2,1-4H3,(H,33,40)(H,34,42)(H,35,36)/b8-6+/t18-/m0/s1. The van der Waals surface area contributed by atoms with Crippen LogP contribution in [0.15, 0.2) is 35.3 Å². The zero-order valence-corrected chi connectivity index (χ0v) is 23.8. The van der Waals surface area contributed by atoms with Gasteiger partial charge in [0.1, 0.15) is 23.1 Å². The predicted molar refractivity (Wildman–Crippen MR) is 148 cm³/mol. The Kier molecular flexibility index (Phi) is 10.6. The number of nitrogens with zero attached hydrogens (tertiary/aromatic N) is 4. The van der Waals surface area contributed by atoms with Gasteiger partial charge >= 0.3 is 12.3 Å². The number of H-pyrrole nitrogens is 1. The fraction of sp³-hybridized carbons (Fsp3) is 0.407. The van der Waals surface area contributed by atoms with Gasteiger partial charge in [-0.1, -0.05) is 6.08 Å². The molecule has 0 fully saturated rings. The number of anilines is 1. The van der Waals surface area contributed by atoms with Gasteiger partial charge in [-0.3, -0.25) is 19.4 Å². The molecule has 3 aromatic rings. The summed E-state index contributed by atoms with van der Waals surface area (Å²) in [6, 6.07) is 1.78. The van der Waals surface area contributed by atoms with Crippen LogP contribution in [0.1, 0.15) is 36.5 Å². The number of carbonyl (C=O) groups excluding carboxylic acids is 3. The Morgan fingerprint density at radius 1 is 1.23 bits per heavy atom. The number of alkyl carbamates (subject to hydrolysis) is 1. The molecule has 232 valence electrons. The van der Waals surface area contributed by atoms with E-state index >= 15 is 0 Å². The molecular formula is C27H31F4N7O5. The number of aryl methyl sites for hydroxylation is 2. The smallest absolute Gasteiger partial charge is 0.407 e. The van der Waals surface area contributed by atoms with Crippen molar-refractivity contribution in [2.75, 3.05) is 26.5 Å². The third-order valence-corrected chi connectivity index (χ3v) is 6.32. The predicted octanol–water partition coefficient (Wildman–Crippen LogP) is 3.20. The largest absolute Gasteiger partial charge is 0.453 e. The first-order chi connectivity index (χ1) is 20.2. The van der Waals surface area contributed by atoms with E-state index in [2.05, 4.69) is 30.3 Å². The van der Waals surface area contributed by atoms with Crippen molar-refractivity contribution in [1.29, 1.82) is 0 Å². The summed E-state index contributed by atoms with van der Waals surface area (Å²) in [7, 11) is 4.28. The molecule has 0 saturated carbocycles. The summed E-state index contributed by atoms with van der Waals surface area (Å²) in [5.74, 6) is -1.75. The van der Waals surface area contributed by atoms with Gasteiger partial charge in [0.05, 0.1) is 31.1 Å². The molecular weight excluding hydrogens is 578 g/mol. The van der Waals surface area contributed by atoms with Crippen molar-refractivity contribution < 1.29 is 36.7 Å². The van der Waals surface area contributed by atoms with Crippen molar-refractivity contribution in [3.8, 4) is 0 Å². The van der Waals surface area contributed by atoms with E-state index in [4.69, 9.17) is 0 Å². The highest BCUT2D eigenvalue weighted by atomic mass is 19.4. The summed E-state index contributed by atoms with van der Waals surface area (Å²) in [6.07, 6.45) is -3.00. The number of nitrogens with one attached hydrogen (secondary N) is 3. The Morgan fingerprint density at radius 2 is 1.95 bits per heavy atom. The Morgan fingerprint density at radius 3 is 2.60 bits per heavy atom. The maximum Gasteiger partial charge on any atom is 0.407 e. The topological polar surface area (TPSA) is 151 Å². The number of alkyl halides is 3. The highest BCUT2D eigenvalue weighted by Gasteiger charge is 2.28. The molecule has 43 heavy (non-hydrogen) atoms. The molecule has 3 amide bonds. The quantitative estimate of drug-likeness (QED) is 0.223. The molecule has 0 unspecified atom stereocenters. The van der Waals surface area contributed by atoms with Crippen molar-refractivity contribution in [2.45, 2.75) is 51.4 Å². The van der Waals surface area contributed by atoms with Crippen LogP contribution in [0.2, 0.25) is 0 Å². The van der Waals surface area contributed by atoms with Gasteiger partial charge in [-0.15, -0.1) is 0 Å². The van der Waals surface area contributed by atoms with Crippen LogP contribution in [0.3, 0.4) is 0 Å². The number of ether oxygens (including phenoxy) is 1. The minimum absolute atomic E-state index is 0.00697. The maximum absolute atomic E-state index is 14.4. The average molecular weight is 610 g/mol. The molecule has 3 heterocycles. The van der Waals surface area contributed by atoms with Crippen molar-refractivity contribution in [3.05, 3.63) is 63.9 Å². The second kappa shape index (κ2) is 13.9. The first kappa shape index (κ1) is 32.8. The molecule has 0 aliphatic heterocycles. The lowest BCUT2D eigenvalue weighted by Gasteiger charge is -2.18. The highest BCUT2D eigenvalue weighted by molar-refractivity contribution is 5.96. The van der Waals surface area contributed by atoms with Crippen LogP contribution < -0.4 is 16.2 Å². The summed E-state index contributed by atoms with van der Waals surface area (Å²) in [6.45, 7) is 1.38. The molecule has 3 N–H and O–H groups in total. The van der Waals surface area contributed by atoms with Crippen LogP contribution in [-0.2, 0) is 27.3 Å². The van der Waals surface area contributed by atoms with E-state index in [0.29, 0.717) is 5.69 Å². The number of hydrogen-bond donors (Lipinski definition) is 3. The van der Waals surface area contributed by atoms with Gasteiger partial charge in [0.2, 0.25) is 11.8 Å². The van der Waals surface area contributed by atoms with Crippen molar-refractivity contribution in [3.63, 3.8) is 0 Å². The zero-order chi connectivity index (χ0) is 31.9. The lowest BCUT2D eigenvalue weighted by atomic mass is 10.1. The molecule has 0 saturated heterocycles. The van der Waals surface area contributed by atoms with E-state index in [1.165, 1.54) is 27.7 Å². The number of fused-ring (bicyclic) bond motifs is 1. The van der Waals surface area contributed by atoms with Crippen molar-refractivity contribution >= 4 is 34.6 Å². The summed E-state index contributed by atoms with van der Waals surface area (Å²) >= 11 is 0. The number of aromatic nitrogens is 4. The summed E-state index contributed by atoms with van der Waals surface area (Å²) in [5, 5.41) is 4.88. The van der Waals surface area contributed by atoms with Crippen molar-refractivity contribution in [2.24, 2.45) is 0 Å². The monoisotopic (exact) mass is 609 g/mol. The molecule has 3 rings (SSSR count). The van der Waals surface area contributed by atoms with Gasteiger partial charge in [-0.25, -0.2) is 14.2 Å². The van der Waals surface area contributed by atoms with E-state index in [1.807, 2.05) is 0 Å². The minimum Gasteiger partial charge on any atom is -0.453 e. The fourth-order valence-electron chi connectivity index (χ4n) is 3.99. The molecule has 16 heteroatoms. The number of pyridine rings is 2. The number of amides is 3. The molecule has 0 aromatic carbocycles. The number of rotatable bonds is 11. The first-order valence-corrected chi connectivity index (χ1v) is 13.0. The van der Waals surface area contributed by atoms with Gasteiger partial charge < -0.3 is 29.8 Å². The molecule has 0 aliphatic rings. The Hall–Kier alpha value is -4.76. The Labute approximate surface area is 243 Å². The Bertz CT molecular complexity index is 1580. The van der Waals surface area contributed by atoms with Gasteiger partial charge in [0.25, 0.3) is 5.56 Å². The first-order valence-electron chi connectivity index (χ1n) is 13.0. The van der Waals surface area contributed by atoms with Crippen LogP contribution in [0.5, 0.6) is 0 Å². The summed E-state index contributed by atoms with van der Waals surface area (Å²) in [5.41, 5.74) is -0.594. The minimum atomic E-state index is -4.44. The third-order valence-electron chi connectivity index (χ3n) is 6.32. The normalized spacial score (nSPS) is 12.4. The van der Waals surface area contributed by atoms with Gasteiger partial charge in [0.15, 0.2) is 5.82 Å². The second-order valence-electron chi connectivity index (χ2n) is 9.74. The SMILES string of the molecule is COC(=O)N[C@@H](CC/C=C/C(=O)N(C)C)C(=O)Nc1ccc(C)n(Cc2nc3c(F)cnc(CCC(F)(F)F)c3[nH]2)c1=O. The number of halogens is 4. The molecule has 0 bridgehead atoms. The van der Waals surface area contributed by atoms with Crippen LogP contribution in [0, 0.1) is 12.7 Å². The number of carbonyl (C=O) groups is 3. The molecule has 0 radical (unpaired) electrons. The maximum atomic E-state index is 14.4. The van der Waals surface area contributed by atoms with Crippen LogP contribution in [0.4, 0.5) is 28.0 Å². The third kappa shape index (κ3) is 8.86. The lowest BCUT2D eigenvalue weighted by Crippen LogP contribution is -2.44. The fourth-order valence-corrected chi connectivity index (χ4v) is 3.99. The number of methoxy groups -OCH3 is 1. The molecule has 0 spiro atoms. The molecule has 12 nitrogen and oxygen atoms in total. The van der Waals surface area contributed by atoms with E-state index in [0.717, 1.165) is 13.3 Å². The van der Waals surface area contributed by atoms with E-state index in [9.17, 15) is 36.7 Å². The number of likely N-dealkylation sites (N-methyl/N-ethyl adjacent to an activating group) is 1. The molecule has 3 aromatic heterocycles. The van der Waals surface area contributed by atoms with Crippen molar-refractivity contribution in [1.82, 2.24) is 29.7 Å². The summed E-state index contributed by atoms with van der Waals surface area (Å²) < 4.78 is 58.5. The van der Waals surface area contributed by atoms with Gasteiger partial charge in [-0.05, 0) is 38.0 Å².